The Morgan fingerprint density at radius 3 is 2.91 bits per heavy atom. The monoisotopic (exact) mass is 367 g/mol. The lowest BCUT2D eigenvalue weighted by molar-refractivity contribution is -0.132. The van der Waals surface area contributed by atoms with E-state index in [1.807, 2.05) is 36.2 Å². The summed E-state index contributed by atoms with van der Waals surface area (Å²) in [4.78, 5) is 16.6. The Balaban J connectivity index is 1.91. The minimum absolute atomic E-state index is 0.180. The minimum Gasteiger partial charge on any atom is -0.340 e. The smallest absolute Gasteiger partial charge is 0.236 e. The van der Waals surface area contributed by atoms with Gasteiger partial charge in [0.25, 0.3) is 0 Å². The largest absolute Gasteiger partial charge is 0.340 e. The Morgan fingerprint density at radius 2 is 2.18 bits per heavy atom. The molecule has 0 radical (unpaired) electrons. The molecule has 0 aliphatic carbocycles. The average Bonchev–Trinajstić information content (AvgIpc) is 2.51. The number of nitrogens with zero attached hydrogens (tertiary/aromatic N) is 2. The maximum absolute atomic E-state index is 12.5. The van der Waals surface area contributed by atoms with Crippen LogP contribution >= 0.6 is 15.9 Å². The predicted molar refractivity (Wildman–Crippen MR) is 93.5 cm³/mol. The van der Waals surface area contributed by atoms with E-state index < -0.39 is 0 Å². The average molecular weight is 368 g/mol. The number of nitrogens with two attached hydrogens (primary N) is 1. The van der Waals surface area contributed by atoms with Crippen molar-refractivity contribution in [2.75, 3.05) is 26.7 Å². The number of carbonyl (C=O) groups excluding carboxylic acids is 1. The lowest BCUT2D eigenvalue weighted by atomic mass is 9.99. The van der Waals surface area contributed by atoms with E-state index in [1.165, 1.54) is 19.3 Å². The van der Waals surface area contributed by atoms with Gasteiger partial charge in [-0.15, -0.1) is 0 Å². The molecule has 1 saturated heterocycles. The summed E-state index contributed by atoms with van der Waals surface area (Å²) in [7, 11) is 1.88. The first-order chi connectivity index (χ1) is 10.6. The predicted octanol–water partition coefficient (Wildman–Crippen LogP) is 2.61. The van der Waals surface area contributed by atoms with Gasteiger partial charge in [0.05, 0.1) is 6.54 Å². The fraction of sp³-hybridized carbons (Fsp3) is 0.588. The standard InChI is InChI=1S/C17H26BrN3O/c1-20(12-14-6-2-3-8-16(14)18)17(22)13-21-11-5-4-7-15(21)9-10-19/h2-3,6,8,15H,4-5,7,9-13,19H2,1H3. The van der Waals surface area contributed by atoms with E-state index in [0.29, 0.717) is 25.7 Å². The number of rotatable bonds is 6. The van der Waals surface area contributed by atoms with Crippen molar-refractivity contribution >= 4 is 21.8 Å². The number of amides is 1. The lowest BCUT2D eigenvalue weighted by Gasteiger charge is -2.36. The summed E-state index contributed by atoms with van der Waals surface area (Å²) in [5.74, 6) is 0.180. The van der Waals surface area contributed by atoms with Crippen molar-refractivity contribution in [1.82, 2.24) is 9.80 Å². The molecule has 22 heavy (non-hydrogen) atoms. The van der Waals surface area contributed by atoms with Gasteiger partial charge >= 0.3 is 0 Å². The van der Waals surface area contributed by atoms with Crippen LogP contribution in [0.4, 0.5) is 0 Å². The van der Waals surface area contributed by atoms with Gasteiger partial charge in [0.15, 0.2) is 0 Å². The highest BCUT2D eigenvalue weighted by Crippen LogP contribution is 2.20. The number of halogens is 1. The molecule has 0 spiro atoms. The molecule has 1 fully saturated rings. The second-order valence-corrected chi connectivity index (χ2v) is 6.89. The van der Waals surface area contributed by atoms with Gasteiger partial charge in [-0.05, 0) is 44.0 Å². The van der Waals surface area contributed by atoms with Crippen molar-refractivity contribution in [3.8, 4) is 0 Å². The van der Waals surface area contributed by atoms with E-state index in [-0.39, 0.29) is 5.91 Å². The summed E-state index contributed by atoms with van der Waals surface area (Å²) < 4.78 is 1.05. The summed E-state index contributed by atoms with van der Waals surface area (Å²) in [5.41, 5.74) is 6.84. The van der Waals surface area contributed by atoms with Crippen LogP contribution in [0, 0.1) is 0 Å². The van der Waals surface area contributed by atoms with E-state index in [2.05, 4.69) is 20.8 Å². The zero-order valence-electron chi connectivity index (χ0n) is 13.3. The zero-order chi connectivity index (χ0) is 15.9. The second-order valence-electron chi connectivity index (χ2n) is 6.04. The third-order valence-electron chi connectivity index (χ3n) is 4.38. The SMILES string of the molecule is CN(Cc1ccccc1Br)C(=O)CN1CCCCC1CCN. The van der Waals surface area contributed by atoms with Crippen molar-refractivity contribution in [3.05, 3.63) is 34.3 Å². The molecule has 1 aliphatic rings. The molecule has 0 aromatic heterocycles. The Hall–Kier alpha value is -0.910. The third-order valence-corrected chi connectivity index (χ3v) is 5.15. The first-order valence-electron chi connectivity index (χ1n) is 8.03. The molecule has 0 saturated carbocycles. The van der Waals surface area contributed by atoms with Gasteiger partial charge in [-0.3, -0.25) is 9.69 Å². The van der Waals surface area contributed by atoms with Gasteiger partial charge in [0.1, 0.15) is 0 Å². The molecule has 5 heteroatoms. The maximum Gasteiger partial charge on any atom is 0.236 e. The van der Waals surface area contributed by atoms with E-state index in [0.717, 1.165) is 23.0 Å². The van der Waals surface area contributed by atoms with Gasteiger partial charge in [-0.1, -0.05) is 40.5 Å². The lowest BCUT2D eigenvalue weighted by Crippen LogP contribution is -2.46. The van der Waals surface area contributed by atoms with Crippen LogP contribution < -0.4 is 5.73 Å². The number of piperidine rings is 1. The molecule has 4 nitrogen and oxygen atoms in total. The molecule has 1 aromatic carbocycles. The fourth-order valence-corrected chi connectivity index (χ4v) is 3.46. The molecule has 1 aromatic rings. The minimum atomic E-state index is 0.180. The molecular weight excluding hydrogens is 342 g/mol. The van der Waals surface area contributed by atoms with Crippen molar-refractivity contribution in [3.63, 3.8) is 0 Å². The van der Waals surface area contributed by atoms with E-state index in [4.69, 9.17) is 5.73 Å². The number of likely N-dealkylation sites (tertiary alicyclic amines) is 1. The maximum atomic E-state index is 12.5. The molecular formula is C17H26BrN3O. The van der Waals surface area contributed by atoms with Crippen LogP contribution in [-0.2, 0) is 11.3 Å². The van der Waals surface area contributed by atoms with Crippen LogP contribution in [0.5, 0.6) is 0 Å². The highest BCUT2D eigenvalue weighted by molar-refractivity contribution is 9.10. The van der Waals surface area contributed by atoms with Gasteiger partial charge < -0.3 is 10.6 Å². The molecule has 1 heterocycles. The van der Waals surface area contributed by atoms with Crippen LogP contribution in [0.3, 0.4) is 0 Å². The van der Waals surface area contributed by atoms with Crippen LogP contribution in [0.1, 0.15) is 31.2 Å². The third kappa shape index (κ3) is 4.80. The molecule has 2 rings (SSSR count). The Kier molecular flexibility index (Phi) is 6.86. The van der Waals surface area contributed by atoms with Gasteiger partial charge in [0, 0.05) is 24.1 Å². The Morgan fingerprint density at radius 1 is 1.41 bits per heavy atom. The molecule has 1 unspecified atom stereocenters. The first-order valence-corrected chi connectivity index (χ1v) is 8.82. The number of hydrogen-bond acceptors (Lipinski definition) is 3. The summed E-state index contributed by atoms with van der Waals surface area (Å²) in [6.45, 7) is 2.85. The summed E-state index contributed by atoms with van der Waals surface area (Å²) in [5, 5.41) is 0. The summed E-state index contributed by atoms with van der Waals surface area (Å²) >= 11 is 3.54. The molecule has 1 amide bonds. The Labute approximate surface area is 141 Å². The highest BCUT2D eigenvalue weighted by Gasteiger charge is 2.24. The van der Waals surface area contributed by atoms with Crippen LogP contribution in [0.25, 0.3) is 0 Å². The number of likely N-dealkylation sites (N-methyl/N-ethyl adjacent to an activating group) is 1. The van der Waals surface area contributed by atoms with Crippen molar-refractivity contribution < 1.29 is 4.79 Å². The molecule has 1 atom stereocenters. The molecule has 2 N–H and O–H groups in total. The van der Waals surface area contributed by atoms with Crippen LogP contribution in [0.15, 0.2) is 28.7 Å². The van der Waals surface area contributed by atoms with Crippen molar-refractivity contribution in [2.45, 2.75) is 38.3 Å². The number of carbonyl (C=O) groups is 1. The van der Waals surface area contributed by atoms with Crippen molar-refractivity contribution in [2.24, 2.45) is 5.73 Å². The zero-order valence-corrected chi connectivity index (χ0v) is 14.9. The van der Waals surface area contributed by atoms with Gasteiger partial charge in [-0.25, -0.2) is 0 Å². The number of benzene rings is 1. The fourth-order valence-electron chi connectivity index (χ4n) is 3.05. The van der Waals surface area contributed by atoms with Crippen LogP contribution in [0.2, 0.25) is 0 Å². The van der Waals surface area contributed by atoms with Crippen molar-refractivity contribution in [1.29, 1.82) is 0 Å². The van der Waals surface area contributed by atoms with E-state index in [1.54, 1.807) is 0 Å². The van der Waals surface area contributed by atoms with Gasteiger partial charge in [0.2, 0.25) is 5.91 Å². The van der Waals surface area contributed by atoms with Gasteiger partial charge in [-0.2, -0.15) is 0 Å². The number of hydrogen-bond donors (Lipinski definition) is 1. The summed E-state index contributed by atoms with van der Waals surface area (Å²) in [6.07, 6.45) is 4.59. The normalized spacial score (nSPS) is 19.1. The molecule has 122 valence electrons. The molecule has 0 bridgehead atoms. The summed E-state index contributed by atoms with van der Waals surface area (Å²) in [6, 6.07) is 8.52. The molecule has 1 aliphatic heterocycles. The highest BCUT2D eigenvalue weighted by atomic mass is 79.9. The Bertz CT molecular complexity index is 493. The topological polar surface area (TPSA) is 49.6 Å². The van der Waals surface area contributed by atoms with E-state index in [9.17, 15) is 4.79 Å². The second kappa shape index (κ2) is 8.65. The quantitative estimate of drug-likeness (QED) is 0.840. The first kappa shape index (κ1) is 17.4. The van der Waals surface area contributed by atoms with Crippen LogP contribution in [-0.4, -0.2) is 48.4 Å². The van der Waals surface area contributed by atoms with E-state index >= 15 is 0 Å².